The molecule has 0 aliphatic rings. The van der Waals surface area contributed by atoms with Crippen LogP contribution in [-0.4, -0.2) is 14.3 Å². The summed E-state index contributed by atoms with van der Waals surface area (Å²) in [5.41, 5.74) is 4.65. The topological polar surface area (TPSA) is 89.3 Å². The molecule has 128 valence electrons. The Hall–Kier alpha value is -2.55. The molecule has 5 nitrogen and oxygen atoms in total. The molecule has 0 aromatic heterocycles. The van der Waals surface area contributed by atoms with Gasteiger partial charge in [0.1, 0.15) is 0 Å². The third-order valence-corrected chi connectivity index (χ3v) is 4.63. The molecule has 0 spiro atoms. The summed E-state index contributed by atoms with van der Waals surface area (Å²) in [6.45, 7) is 1.57. The van der Waals surface area contributed by atoms with E-state index in [-0.39, 0.29) is 16.1 Å². The first-order valence-corrected chi connectivity index (χ1v) is 8.10. The Kier molecular flexibility index (Phi) is 4.57. The van der Waals surface area contributed by atoms with Gasteiger partial charge in [-0.15, -0.1) is 0 Å². The maximum absolute atomic E-state index is 12.5. The van der Waals surface area contributed by atoms with Crippen molar-refractivity contribution >= 4 is 21.6 Å². The molecule has 0 atom stereocenters. The first-order valence-electron chi connectivity index (χ1n) is 6.62. The summed E-state index contributed by atoms with van der Waals surface area (Å²) in [4.78, 5) is 11.0. The molecule has 0 saturated carbocycles. The van der Waals surface area contributed by atoms with Gasteiger partial charge < -0.3 is 5.73 Å². The average molecular weight is 358 g/mol. The highest BCUT2D eigenvalue weighted by molar-refractivity contribution is 7.92. The molecule has 24 heavy (non-hydrogen) atoms. The number of amides is 1. The lowest BCUT2D eigenvalue weighted by atomic mass is 10.1. The lowest BCUT2D eigenvalue weighted by Gasteiger charge is -2.14. The fraction of sp³-hybridized carbons (Fsp3) is 0.133. The summed E-state index contributed by atoms with van der Waals surface area (Å²) in [6, 6.07) is 7.46. The zero-order valence-corrected chi connectivity index (χ0v) is 13.2. The second-order valence-electron chi connectivity index (χ2n) is 4.99. The molecular weight excluding hydrogens is 345 g/mol. The summed E-state index contributed by atoms with van der Waals surface area (Å²) >= 11 is 0. The zero-order chi connectivity index (χ0) is 18.1. The Morgan fingerprint density at radius 2 is 1.67 bits per heavy atom. The minimum absolute atomic E-state index is 0.00935. The zero-order valence-electron chi connectivity index (χ0n) is 12.4. The highest BCUT2D eigenvalue weighted by Gasteiger charge is 2.30. The number of hydrogen-bond acceptors (Lipinski definition) is 3. The summed E-state index contributed by atoms with van der Waals surface area (Å²) in [7, 11) is -4.18. The van der Waals surface area contributed by atoms with Gasteiger partial charge in [-0.3, -0.25) is 9.52 Å². The van der Waals surface area contributed by atoms with E-state index in [0.717, 1.165) is 12.1 Å². The van der Waals surface area contributed by atoms with Gasteiger partial charge in [0.2, 0.25) is 0 Å². The van der Waals surface area contributed by atoms with Gasteiger partial charge in [-0.2, -0.15) is 13.2 Å². The van der Waals surface area contributed by atoms with Crippen molar-refractivity contribution in [1.29, 1.82) is 0 Å². The molecule has 9 heteroatoms. The van der Waals surface area contributed by atoms with Gasteiger partial charge in [0.05, 0.1) is 21.7 Å². The molecule has 0 saturated heterocycles. The van der Waals surface area contributed by atoms with E-state index in [0.29, 0.717) is 17.7 Å². The standard InChI is InChI=1S/C15H13F3N2O3S/c1-9-3-2-4-12(14(19)21)13(9)20-24(22,23)11-7-5-10(6-8-11)15(16,17)18/h2-8,20H,1H3,(H2,19,21). The van der Waals surface area contributed by atoms with Crippen LogP contribution in [0.5, 0.6) is 0 Å². The predicted molar refractivity (Wildman–Crippen MR) is 81.9 cm³/mol. The normalized spacial score (nSPS) is 12.0. The molecule has 2 aromatic carbocycles. The first kappa shape index (κ1) is 17.8. The quantitative estimate of drug-likeness (QED) is 0.881. The minimum Gasteiger partial charge on any atom is -0.366 e. The predicted octanol–water partition coefficient (Wildman–Crippen LogP) is 2.91. The average Bonchev–Trinajstić information content (AvgIpc) is 2.48. The third-order valence-electron chi connectivity index (χ3n) is 3.27. The Morgan fingerprint density at radius 1 is 1.08 bits per heavy atom. The van der Waals surface area contributed by atoms with Crippen molar-refractivity contribution in [3.8, 4) is 0 Å². The van der Waals surface area contributed by atoms with E-state index in [9.17, 15) is 26.4 Å². The molecule has 0 fully saturated rings. The third kappa shape index (κ3) is 3.67. The van der Waals surface area contributed by atoms with Crippen LogP contribution >= 0.6 is 0 Å². The van der Waals surface area contributed by atoms with E-state index >= 15 is 0 Å². The molecule has 0 bridgehead atoms. The lowest BCUT2D eigenvalue weighted by molar-refractivity contribution is -0.137. The molecular formula is C15H13F3N2O3S. The van der Waals surface area contributed by atoms with E-state index in [1.165, 1.54) is 12.1 Å². The number of primary amides is 1. The van der Waals surface area contributed by atoms with Crippen molar-refractivity contribution in [1.82, 2.24) is 0 Å². The number of rotatable bonds is 4. The van der Waals surface area contributed by atoms with Crippen LogP contribution < -0.4 is 10.5 Å². The van der Waals surface area contributed by atoms with Crippen molar-refractivity contribution in [3.05, 3.63) is 59.2 Å². The van der Waals surface area contributed by atoms with Gasteiger partial charge in [0.25, 0.3) is 15.9 Å². The summed E-state index contributed by atoms with van der Waals surface area (Å²) in [5.74, 6) is -0.830. The van der Waals surface area contributed by atoms with Crippen LogP contribution in [0, 0.1) is 6.92 Å². The van der Waals surface area contributed by atoms with E-state index in [2.05, 4.69) is 4.72 Å². The van der Waals surface area contributed by atoms with Crippen LogP contribution in [0.25, 0.3) is 0 Å². The van der Waals surface area contributed by atoms with Gasteiger partial charge >= 0.3 is 6.18 Å². The number of nitrogens with two attached hydrogens (primary N) is 1. The molecule has 1 amide bonds. The molecule has 2 aromatic rings. The number of sulfonamides is 1. The Labute approximate surface area is 136 Å². The Balaban J connectivity index is 2.41. The van der Waals surface area contributed by atoms with Crippen LogP contribution in [0.4, 0.5) is 18.9 Å². The van der Waals surface area contributed by atoms with Gasteiger partial charge in [0, 0.05) is 0 Å². The van der Waals surface area contributed by atoms with Crippen molar-refractivity contribution < 1.29 is 26.4 Å². The van der Waals surface area contributed by atoms with Gasteiger partial charge in [0.15, 0.2) is 0 Å². The maximum atomic E-state index is 12.5. The second kappa shape index (κ2) is 6.16. The number of hydrogen-bond donors (Lipinski definition) is 2. The van der Waals surface area contributed by atoms with Gasteiger partial charge in [-0.05, 0) is 42.8 Å². The second-order valence-corrected chi connectivity index (χ2v) is 6.67. The summed E-state index contributed by atoms with van der Waals surface area (Å²) in [6.07, 6.45) is -4.56. The van der Waals surface area contributed by atoms with Crippen molar-refractivity contribution in [2.45, 2.75) is 18.0 Å². The van der Waals surface area contributed by atoms with Crippen LogP contribution in [0.15, 0.2) is 47.4 Å². The van der Waals surface area contributed by atoms with E-state index in [1.54, 1.807) is 13.0 Å². The lowest BCUT2D eigenvalue weighted by Crippen LogP contribution is -2.19. The molecule has 2 rings (SSSR count). The Bertz CT molecular complexity index is 876. The highest BCUT2D eigenvalue weighted by Crippen LogP contribution is 2.30. The van der Waals surface area contributed by atoms with Gasteiger partial charge in [-0.25, -0.2) is 8.42 Å². The van der Waals surface area contributed by atoms with E-state index in [1.807, 2.05) is 0 Å². The minimum atomic E-state index is -4.56. The number of anilines is 1. The summed E-state index contributed by atoms with van der Waals surface area (Å²) in [5, 5.41) is 0. The van der Waals surface area contributed by atoms with Crippen molar-refractivity contribution in [3.63, 3.8) is 0 Å². The van der Waals surface area contributed by atoms with Crippen LogP contribution in [-0.2, 0) is 16.2 Å². The van der Waals surface area contributed by atoms with E-state index < -0.39 is 27.7 Å². The van der Waals surface area contributed by atoms with Crippen LogP contribution in [0.1, 0.15) is 21.5 Å². The highest BCUT2D eigenvalue weighted by atomic mass is 32.2. The number of para-hydroxylation sites is 1. The monoisotopic (exact) mass is 358 g/mol. The molecule has 3 N–H and O–H groups in total. The summed E-state index contributed by atoms with van der Waals surface area (Å²) < 4.78 is 64.5. The molecule has 0 radical (unpaired) electrons. The number of nitrogens with one attached hydrogen (secondary N) is 1. The number of benzene rings is 2. The first-order chi connectivity index (χ1) is 11.0. The SMILES string of the molecule is Cc1cccc(C(N)=O)c1NS(=O)(=O)c1ccc(C(F)(F)F)cc1. The fourth-order valence-corrected chi connectivity index (χ4v) is 3.18. The largest absolute Gasteiger partial charge is 0.416 e. The van der Waals surface area contributed by atoms with Crippen LogP contribution in [0.3, 0.4) is 0 Å². The maximum Gasteiger partial charge on any atom is 0.416 e. The molecule has 0 unspecified atom stereocenters. The molecule has 0 heterocycles. The number of halogens is 3. The molecule has 0 aliphatic carbocycles. The smallest absolute Gasteiger partial charge is 0.366 e. The Morgan fingerprint density at radius 3 is 2.17 bits per heavy atom. The molecule has 0 aliphatic heterocycles. The van der Waals surface area contributed by atoms with Gasteiger partial charge in [-0.1, -0.05) is 12.1 Å². The number of alkyl halides is 3. The fourth-order valence-electron chi connectivity index (χ4n) is 2.02. The number of carbonyl (C=O) groups excluding carboxylic acids is 1. The number of carbonyl (C=O) groups is 1. The number of aryl methyl sites for hydroxylation is 1. The van der Waals surface area contributed by atoms with E-state index in [4.69, 9.17) is 5.73 Å². The van der Waals surface area contributed by atoms with Crippen molar-refractivity contribution in [2.24, 2.45) is 5.73 Å². The van der Waals surface area contributed by atoms with Crippen molar-refractivity contribution in [2.75, 3.05) is 4.72 Å². The van der Waals surface area contributed by atoms with Crippen LogP contribution in [0.2, 0.25) is 0 Å².